The van der Waals surface area contributed by atoms with Crippen LogP contribution in [-0.2, 0) is 11.9 Å². The van der Waals surface area contributed by atoms with Gasteiger partial charge in [0.1, 0.15) is 11.6 Å². The highest BCUT2D eigenvalue weighted by Crippen LogP contribution is 2.34. The van der Waals surface area contributed by atoms with Crippen LogP contribution in [0.2, 0.25) is 0 Å². The number of aromatic nitrogens is 2. The van der Waals surface area contributed by atoms with Gasteiger partial charge in [0.25, 0.3) is 5.91 Å². The molecule has 7 nitrogen and oxygen atoms in total. The van der Waals surface area contributed by atoms with Crippen LogP contribution in [-0.4, -0.2) is 60.5 Å². The molecular weight excluding hydrogens is 443 g/mol. The van der Waals surface area contributed by atoms with Gasteiger partial charge in [0, 0.05) is 31.7 Å². The van der Waals surface area contributed by atoms with Gasteiger partial charge < -0.3 is 19.5 Å². The lowest BCUT2D eigenvalue weighted by Crippen LogP contribution is -2.38. The van der Waals surface area contributed by atoms with Crippen LogP contribution in [0.15, 0.2) is 27.8 Å². The summed E-state index contributed by atoms with van der Waals surface area (Å²) in [4.78, 5) is 24.1. The van der Waals surface area contributed by atoms with Crippen molar-refractivity contribution in [1.29, 1.82) is 0 Å². The standard InChI is InChI=1S/C21H28F3N5O2S/c1-14-6-4-5-10-29(14)18-12-17(21(22,23)24)26-20(27-18)32-13-15-7-8-16(31-15)19(30)25-9-11-28(2)3/h7-8,12,14H,4-6,9-11,13H2,1-3H3,(H,25,30). The van der Waals surface area contributed by atoms with Gasteiger partial charge >= 0.3 is 6.18 Å². The lowest BCUT2D eigenvalue weighted by atomic mass is 10.0. The summed E-state index contributed by atoms with van der Waals surface area (Å²) in [6, 6.07) is 4.33. The van der Waals surface area contributed by atoms with Gasteiger partial charge in [-0.3, -0.25) is 4.79 Å². The summed E-state index contributed by atoms with van der Waals surface area (Å²) < 4.78 is 45.9. The largest absolute Gasteiger partial charge is 0.455 e. The molecule has 0 bridgehead atoms. The van der Waals surface area contributed by atoms with Crippen LogP contribution in [0.1, 0.15) is 48.2 Å². The Morgan fingerprint density at radius 1 is 1.31 bits per heavy atom. The average Bonchev–Trinajstić information content (AvgIpc) is 3.21. The monoisotopic (exact) mass is 471 g/mol. The zero-order valence-corrected chi connectivity index (χ0v) is 19.2. The zero-order valence-electron chi connectivity index (χ0n) is 18.4. The van der Waals surface area contributed by atoms with Crippen LogP contribution in [0.5, 0.6) is 0 Å². The van der Waals surface area contributed by atoms with Crippen molar-refractivity contribution < 1.29 is 22.4 Å². The molecule has 3 heterocycles. The molecular formula is C21H28F3N5O2S. The average molecular weight is 472 g/mol. The zero-order chi connectivity index (χ0) is 23.3. The van der Waals surface area contributed by atoms with E-state index in [1.807, 2.05) is 30.8 Å². The lowest BCUT2D eigenvalue weighted by molar-refractivity contribution is -0.141. The van der Waals surface area contributed by atoms with Gasteiger partial charge in [-0.05, 0) is 52.4 Å². The van der Waals surface area contributed by atoms with Crippen molar-refractivity contribution >= 4 is 23.5 Å². The van der Waals surface area contributed by atoms with Crippen LogP contribution in [0.4, 0.5) is 19.0 Å². The first-order valence-corrected chi connectivity index (χ1v) is 11.5. The molecule has 2 aromatic rings. The summed E-state index contributed by atoms with van der Waals surface area (Å²) >= 11 is 1.05. The van der Waals surface area contributed by atoms with Crippen molar-refractivity contribution in [3.05, 3.63) is 35.4 Å². The number of nitrogens with zero attached hydrogens (tertiary/aromatic N) is 4. The Morgan fingerprint density at radius 3 is 2.78 bits per heavy atom. The van der Waals surface area contributed by atoms with Gasteiger partial charge in [0.2, 0.25) is 0 Å². The molecule has 1 aliphatic rings. The van der Waals surface area contributed by atoms with Gasteiger partial charge in [-0.15, -0.1) is 0 Å². The second-order valence-corrected chi connectivity index (χ2v) is 8.99. The summed E-state index contributed by atoms with van der Waals surface area (Å²) in [6.07, 6.45) is -1.67. The molecule has 1 saturated heterocycles. The number of hydrogen-bond donors (Lipinski definition) is 1. The van der Waals surface area contributed by atoms with Gasteiger partial charge in [0.15, 0.2) is 16.6 Å². The van der Waals surface area contributed by atoms with Crippen LogP contribution in [0.25, 0.3) is 0 Å². The van der Waals surface area contributed by atoms with Crippen LogP contribution in [0, 0.1) is 0 Å². The quantitative estimate of drug-likeness (QED) is 0.460. The Bertz CT molecular complexity index is 919. The molecule has 11 heteroatoms. The number of furan rings is 1. The fraction of sp³-hybridized carbons (Fsp3) is 0.571. The topological polar surface area (TPSA) is 74.5 Å². The number of piperidine rings is 1. The molecule has 1 N–H and O–H groups in total. The molecule has 176 valence electrons. The first-order chi connectivity index (χ1) is 15.1. The predicted molar refractivity (Wildman–Crippen MR) is 117 cm³/mol. The third-order valence-corrected chi connectivity index (χ3v) is 6.02. The Labute approximate surface area is 189 Å². The number of halogens is 3. The lowest BCUT2D eigenvalue weighted by Gasteiger charge is -2.34. The first-order valence-electron chi connectivity index (χ1n) is 10.5. The van der Waals surface area contributed by atoms with E-state index in [2.05, 4.69) is 15.3 Å². The molecule has 32 heavy (non-hydrogen) atoms. The van der Waals surface area contributed by atoms with Crippen LogP contribution in [0.3, 0.4) is 0 Å². The molecule has 3 rings (SSSR count). The molecule has 1 aliphatic heterocycles. The third-order valence-electron chi connectivity index (χ3n) is 5.15. The summed E-state index contributed by atoms with van der Waals surface area (Å²) in [6.45, 7) is 3.84. The first kappa shape index (κ1) is 24.4. The number of rotatable bonds is 8. The number of hydrogen-bond acceptors (Lipinski definition) is 7. The van der Waals surface area contributed by atoms with E-state index in [1.54, 1.807) is 12.1 Å². The number of likely N-dealkylation sites (N-methyl/N-ethyl adjacent to an activating group) is 1. The maximum atomic E-state index is 13.4. The van der Waals surface area contributed by atoms with Crippen molar-refractivity contribution in [2.45, 2.75) is 49.3 Å². The highest BCUT2D eigenvalue weighted by molar-refractivity contribution is 7.98. The van der Waals surface area contributed by atoms with E-state index in [1.165, 1.54) is 0 Å². The minimum absolute atomic E-state index is 0.0287. The highest BCUT2D eigenvalue weighted by Gasteiger charge is 2.35. The number of thioether (sulfide) groups is 1. The molecule has 0 radical (unpaired) electrons. The number of anilines is 1. The van der Waals surface area contributed by atoms with Crippen molar-refractivity contribution in [1.82, 2.24) is 20.2 Å². The SMILES string of the molecule is CC1CCCCN1c1cc(C(F)(F)F)nc(SCc2ccc(C(=O)NCCN(C)C)o2)n1. The fourth-order valence-electron chi connectivity index (χ4n) is 3.40. The Balaban J connectivity index is 1.70. The number of nitrogens with one attached hydrogen (secondary N) is 1. The molecule has 0 saturated carbocycles. The number of carbonyl (C=O) groups excluding carboxylic acids is 1. The predicted octanol–water partition coefficient (Wildman–Crippen LogP) is 4.05. The molecule has 1 unspecified atom stereocenters. The number of carbonyl (C=O) groups is 1. The minimum Gasteiger partial charge on any atom is -0.455 e. The van der Waals surface area contributed by atoms with Crippen molar-refractivity contribution in [3.63, 3.8) is 0 Å². The van der Waals surface area contributed by atoms with Gasteiger partial charge in [0.05, 0.1) is 5.75 Å². The number of amides is 1. The normalized spacial score (nSPS) is 17.1. The van der Waals surface area contributed by atoms with Gasteiger partial charge in [-0.1, -0.05) is 11.8 Å². The van der Waals surface area contributed by atoms with Gasteiger partial charge in [-0.2, -0.15) is 13.2 Å². The molecule has 1 amide bonds. The Hall–Kier alpha value is -2.27. The molecule has 0 aliphatic carbocycles. The summed E-state index contributed by atoms with van der Waals surface area (Å²) in [5.74, 6) is 0.789. The molecule has 0 aromatic carbocycles. The van der Waals surface area contributed by atoms with E-state index in [4.69, 9.17) is 4.42 Å². The van der Waals surface area contributed by atoms with E-state index >= 15 is 0 Å². The Kier molecular flexibility index (Phi) is 8.05. The van der Waals surface area contributed by atoms with Crippen molar-refractivity contribution in [3.8, 4) is 0 Å². The highest BCUT2D eigenvalue weighted by atomic mass is 32.2. The maximum Gasteiger partial charge on any atom is 0.433 e. The minimum atomic E-state index is -4.56. The summed E-state index contributed by atoms with van der Waals surface area (Å²) in [5, 5.41) is 2.78. The van der Waals surface area contributed by atoms with Crippen molar-refractivity contribution in [2.75, 3.05) is 38.6 Å². The van der Waals surface area contributed by atoms with Gasteiger partial charge in [-0.25, -0.2) is 9.97 Å². The van der Waals surface area contributed by atoms with E-state index in [0.717, 1.165) is 37.1 Å². The Morgan fingerprint density at radius 2 is 2.09 bits per heavy atom. The summed E-state index contributed by atoms with van der Waals surface area (Å²) in [7, 11) is 3.81. The van der Waals surface area contributed by atoms with Crippen LogP contribution >= 0.6 is 11.8 Å². The molecule has 1 fully saturated rings. The maximum absolute atomic E-state index is 13.4. The molecule has 0 spiro atoms. The smallest absolute Gasteiger partial charge is 0.433 e. The second-order valence-electron chi connectivity index (χ2n) is 8.04. The van der Waals surface area contributed by atoms with E-state index in [0.29, 0.717) is 31.2 Å². The number of alkyl halides is 3. The fourth-order valence-corrected chi connectivity index (χ4v) is 4.15. The summed E-state index contributed by atoms with van der Waals surface area (Å²) in [5.41, 5.74) is -0.955. The van der Waals surface area contributed by atoms with E-state index in [-0.39, 0.29) is 28.6 Å². The van der Waals surface area contributed by atoms with Crippen molar-refractivity contribution in [2.24, 2.45) is 0 Å². The van der Waals surface area contributed by atoms with E-state index < -0.39 is 11.9 Å². The van der Waals surface area contributed by atoms with E-state index in [9.17, 15) is 18.0 Å². The second kappa shape index (κ2) is 10.6. The van der Waals surface area contributed by atoms with Crippen LogP contribution < -0.4 is 10.2 Å². The third kappa shape index (κ3) is 6.61. The molecule has 1 atom stereocenters. The molecule has 2 aromatic heterocycles.